The Labute approximate surface area is 228 Å². The van der Waals surface area contributed by atoms with Crippen molar-refractivity contribution in [3.8, 4) is 0 Å². The van der Waals surface area contributed by atoms with E-state index in [1.54, 1.807) is 0 Å². The quantitative estimate of drug-likeness (QED) is 0.0771. The van der Waals surface area contributed by atoms with E-state index in [0.29, 0.717) is 13.2 Å². The van der Waals surface area contributed by atoms with Gasteiger partial charge in [-0.1, -0.05) is 117 Å². The Morgan fingerprint density at radius 1 is 0.500 bits per heavy atom. The average Bonchev–Trinajstić information content (AvgIpc) is 2.88. The molecule has 206 valence electrons. The number of hydrogen-bond donors (Lipinski definition) is 2. The Morgan fingerprint density at radius 2 is 0.794 bits per heavy atom. The van der Waals surface area contributed by atoms with Gasteiger partial charge in [0.25, 0.3) is 0 Å². The maximum atomic E-state index is 8.66. The number of unbranched alkanes of at least 4 members (excludes halogenated alkanes) is 15. The predicted molar refractivity (Wildman–Crippen MR) is 150 cm³/mol. The van der Waals surface area contributed by atoms with E-state index in [0.717, 1.165) is 52.5 Å². The number of rotatable bonds is 19. The summed E-state index contributed by atoms with van der Waals surface area (Å²) in [7, 11) is 0. The molecule has 3 nitrogen and oxygen atoms in total. The Morgan fingerprint density at radius 3 is 1.06 bits per heavy atom. The zero-order valence-corrected chi connectivity index (χ0v) is 25.5. The van der Waals surface area contributed by atoms with Gasteiger partial charge in [0.15, 0.2) is 0 Å². The van der Waals surface area contributed by atoms with Crippen molar-refractivity contribution in [3.05, 3.63) is 26.0 Å². The van der Waals surface area contributed by atoms with Crippen LogP contribution >= 0.6 is 0 Å². The van der Waals surface area contributed by atoms with Crippen LogP contribution < -0.4 is 0 Å². The number of aliphatic hydroxyl groups is 2. The molecule has 4 heteroatoms. The van der Waals surface area contributed by atoms with Crippen LogP contribution in [0.5, 0.6) is 0 Å². The summed E-state index contributed by atoms with van der Waals surface area (Å²) in [5, 5.41) is 16.7. The summed E-state index contributed by atoms with van der Waals surface area (Å²) in [5.41, 5.74) is 0. The van der Waals surface area contributed by atoms with Crippen LogP contribution in [0.2, 0.25) is 0 Å². The van der Waals surface area contributed by atoms with Gasteiger partial charge in [0.1, 0.15) is 0 Å². The summed E-state index contributed by atoms with van der Waals surface area (Å²) in [6, 6.07) is 0. The Bertz CT molecular complexity index is 276. The van der Waals surface area contributed by atoms with Gasteiger partial charge in [-0.2, -0.15) is 12.8 Å². The number of hydrogen-bond acceptors (Lipinski definition) is 3. The fraction of sp³-hybridized carbons (Fsp3) is 0.867. The molecule has 0 amide bonds. The van der Waals surface area contributed by atoms with Gasteiger partial charge in [0.05, 0.1) is 0 Å². The summed E-state index contributed by atoms with van der Waals surface area (Å²) < 4.78 is 8.25. The molecule has 0 aromatic heterocycles. The molecule has 0 radical (unpaired) electrons. The Hall–Kier alpha value is 0.174. The van der Waals surface area contributed by atoms with E-state index in [9.17, 15) is 0 Å². The van der Waals surface area contributed by atoms with Crippen LogP contribution in [0.1, 0.15) is 156 Å². The van der Waals surface area contributed by atoms with Crippen molar-refractivity contribution in [1.82, 2.24) is 0 Å². The minimum atomic E-state index is 0.344. The molecule has 0 bridgehead atoms. The van der Waals surface area contributed by atoms with E-state index < -0.39 is 0 Å². The molecule has 0 fully saturated rings. The molecule has 34 heavy (non-hydrogen) atoms. The molecule has 0 saturated heterocycles. The van der Waals surface area contributed by atoms with Gasteiger partial charge in [0.2, 0.25) is 0 Å². The molecule has 0 saturated carbocycles. The van der Waals surface area contributed by atoms with Crippen molar-refractivity contribution < 1.29 is 33.9 Å². The summed E-state index contributed by atoms with van der Waals surface area (Å²) in [5.74, 6) is 0. The molecule has 0 aromatic rings. The van der Waals surface area contributed by atoms with Gasteiger partial charge in [-0.3, -0.25) is 0 Å². The van der Waals surface area contributed by atoms with Crippen LogP contribution in [0.3, 0.4) is 0 Å². The number of aliphatic hydroxyl groups excluding tert-OH is 2. The fourth-order valence-corrected chi connectivity index (χ4v) is 2.52. The molecule has 2 N–H and O–H groups in total. The first-order valence-electron chi connectivity index (χ1n) is 14.3. The van der Waals surface area contributed by atoms with Crippen LogP contribution in [0.25, 0.3) is 0 Å². The molecule has 0 unspecified atom stereocenters. The molecule has 0 heterocycles. The van der Waals surface area contributed by atoms with E-state index in [1.807, 2.05) is 0 Å². The molecular weight excluding hydrogens is 456 g/mol. The van der Waals surface area contributed by atoms with E-state index in [2.05, 4.69) is 53.7 Å². The molecule has 0 atom stereocenters. The second-order valence-electron chi connectivity index (χ2n) is 8.45. The Kier molecular flexibility index (Phi) is 76.4. The van der Waals surface area contributed by atoms with Gasteiger partial charge < -0.3 is 24.1 Å². The van der Waals surface area contributed by atoms with Crippen molar-refractivity contribution in [2.75, 3.05) is 13.2 Å². The monoisotopic (exact) mass is 520 g/mol. The first-order valence-corrected chi connectivity index (χ1v) is 15.0. The van der Waals surface area contributed by atoms with Crippen molar-refractivity contribution in [3.63, 3.8) is 0 Å². The molecule has 0 aliphatic heterocycles. The normalized spacial score (nSPS) is 9.59. The summed E-state index contributed by atoms with van der Waals surface area (Å²) in [4.78, 5) is 0. The third-order valence-electron chi connectivity index (χ3n) is 4.89. The standard InChI is InChI=1S/C18H36O.C4H10O.2C4H9.O.Ti/c1-2-3-4-5-6-7-8-9-10-11-12-13-14-15-16-17-18-19;1-2-3-4-5;2*1-3-4-2;;/h9-10,19H,2-8,11-18H2,1H3;5H,2-4H2,1H3;2*1,3-4H2,2H3;;/q;;2*-1;;+2/b10-9-;;;;;. The fourth-order valence-electron chi connectivity index (χ4n) is 2.52. The van der Waals surface area contributed by atoms with Crippen molar-refractivity contribution >= 4 is 0 Å². The van der Waals surface area contributed by atoms with Gasteiger partial charge in [-0.05, 0) is 38.5 Å². The Balaban J connectivity index is -0.000000152. The van der Waals surface area contributed by atoms with E-state index in [1.165, 1.54) is 96.3 Å². The van der Waals surface area contributed by atoms with Crippen molar-refractivity contribution in [1.29, 1.82) is 0 Å². The third kappa shape index (κ3) is 76.8. The second kappa shape index (κ2) is 58.8. The van der Waals surface area contributed by atoms with Crippen molar-refractivity contribution in [2.45, 2.75) is 156 Å². The van der Waals surface area contributed by atoms with Crippen LogP contribution in [-0.2, 0) is 23.7 Å². The SMILES string of the molecule is CCCCCCCC/C=C\CCCCCCCCO.CCCCO.[CH2-]CCC.[CH2-]CCC.[O]=[Ti+2]. The van der Waals surface area contributed by atoms with Gasteiger partial charge in [0, 0.05) is 13.2 Å². The summed E-state index contributed by atoms with van der Waals surface area (Å²) >= 11 is 0.750. The molecule has 0 aliphatic rings. The molecule has 0 aliphatic carbocycles. The third-order valence-corrected chi connectivity index (χ3v) is 4.89. The van der Waals surface area contributed by atoms with Gasteiger partial charge >= 0.3 is 23.7 Å². The molecule has 0 rings (SSSR count). The van der Waals surface area contributed by atoms with E-state index in [4.69, 9.17) is 13.5 Å². The zero-order valence-electron chi connectivity index (χ0n) is 23.9. The molecule has 0 spiro atoms. The topological polar surface area (TPSA) is 57.5 Å². The van der Waals surface area contributed by atoms with Crippen LogP contribution in [-0.4, -0.2) is 23.4 Å². The van der Waals surface area contributed by atoms with E-state index >= 15 is 0 Å². The average molecular weight is 521 g/mol. The van der Waals surface area contributed by atoms with Crippen LogP contribution in [0.4, 0.5) is 0 Å². The second-order valence-corrected chi connectivity index (χ2v) is 8.45. The van der Waals surface area contributed by atoms with Gasteiger partial charge in [-0.25, -0.2) is 0 Å². The summed E-state index contributed by atoms with van der Waals surface area (Å²) in [6.45, 7) is 16.5. The number of allylic oxidation sites excluding steroid dienone is 2. The first kappa shape index (κ1) is 44.2. The van der Waals surface area contributed by atoms with E-state index in [-0.39, 0.29) is 0 Å². The maximum absolute atomic E-state index is 8.66. The first-order chi connectivity index (χ1) is 16.7. The van der Waals surface area contributed by atoms with Gasteiger partial charge in [-0.15, -0.1) is 0 Å². The summed E-state index contributed by atoms with van der Waals surface area (Å²) in [6.07, 6.45) is 29.8. The predicted octanol–water partition coefficient (Wildman–Crippen LogP) is 9.91. The van der Waals surface area contributed by atoms with Crippen LogP contribution in [0, 0.1) is 13.8 Å². The molecular formula is C30H64O3Ti. The zero-order chi connectivity index (χ0) is 27.0. The minimum absolute atomic E-state index is 0.344. The van der Waals surface area contributed by atoms with Crippen LogP contribution in [0.15, 0.2) is 12.2 Å². The molecule has 0 aromatic carbocycles. The van der Waals surface area contributed by atoms with Crippen molar-refractivity contribution in [2.24, 2.45) is 0 Å².